The normalized spacial score (nSPS) is 30.8. The Morgan fingerprint density at radius 3 is 2.36 bits per heavy atom. The highest BCUT2D eigenvalue weighted by Crippen LogP contribution is 2.53. The molecule has 0 aromatic heterocycles. The summed E-state index contributed by atoms with van der Waals surface area (Å²) in [6.07, 6.45) is -7.22. The lowest BCUT2D eigenvalue weighted by Crippen LogP contribution is -2.60. The van der Waals surface area contributed by atoms with Crippen LogP contribution in [0.15, 0.2) is 47.2 Å². The van der Waals surface area contributed by atoms with Crippen molar-refractivity contribution < 1.29 is 64.7 Å². The summed E-state index contributed by atoms with van der Waals surface area (Å²) in [5.41, 5.74) is 3.64. The summed E-state index contributed by atoms with van der Waals surface area (Å²) in [7, 11) is 3.55. The van der Waals surface area contributed by atoms with Crippen molar-refractivity contribution in [1.82, 2.24) is 0 Å². The topological polar surface area (TPSA) is 261 Å². The lowest BCUT2D eigenvalue weighted by molar-refractivity contribution is -0.277. The van der Waals surface area contributed by atoms with Gasteiger partial charge in [-0.3, -0.25) is 14.4 Å². The molecule has 1 saturated heterocycles. The van der Waals surface area contributed by atoms with Gasteiger partial charge < -0.3 is 61.0 Å². The molecule has 6 rings (SSSR count). The van der Waals surface area contributed by atoms with E-state index in [4.69, 9.17) is 15.2 Å². The van der Waals surface area contributed by atoms with Crippen LogP contribution < -0.4 is 15.4 Å². The van der Waals surface area contributed by atoms with Gasteiger partial charge in [0.1, 0.15) is 53.0 Å². The van der Waals surface area contributed by atoms with Crippen LogP contribution in [0.25, 0.3) is 5.76 Å². The second kappa shape index (κ2) is 13.0. The van der Waals surface area contributed by atoms with E-state index in [-0.39, 0.29) is 48.3 Å². The Bertz CT molecular complexity index is 1820. The fraction of sp³-hybridized carbons (Fsp3) is 0.457. The number of nitrogens with zero attached hydrogens (tertiary/aromatic N) is 1. The molecule has 1 saturated carbocycles. The van der Waals surface area contributed by atoms with Crippen molar-refractivity contribution in [3.8, 4) is 11.5 Å². The third kappa shape index (κ3) is 5.50. The van der Waals surface area contributed by atoms with Gasteiger partial charge in [-0.15, -0.1) is 0 Å². The van der Waals surface area contributed by atoms with Gasteiger partial charge >= 0.3 is 0 Å². The number of primary amides is 1. The zero-order chi connectivity index (χ0) is 36.4. The SMILES string of the molecule is CN(C)c1cc(CCc2ccccc2O[C@@H]2O[C@H](CO)[C@H](O)[C@H](O)[C@@H]2O)c(O)c2c1C[C@H]1C[C@H]3CC(=O)C(C(N)=O)=C(O)[C@@]3(O)C(=O)C1=C2O. The molecular formula is C35H40N2O13. The molecule has 268 valence electrons. The molecule has 0 spiro atoms. The monoisotopic (exact) mass is 696 g/mol. The minimum Gasteiger partial charge on any atom is -0.508 e. The summed E-state index contributed by atoms with van der Waals surface area (Å²) in [6, 6.07) is 8.50. The predicted molar refractivity (Wildman–Crippen MR) is 174 cm³/mol. The number of nitrogens with two attached hydrogens (primary N) is 1. The van der Waals surface area contributed by atoms with E-state index in [0.717, 1.165) is 0 Å². The fourth-order valence-electron chi connectivity index (χ4n) is 7.70. The summed E-state index contributed by atoms with van der Waals surface area (Å²) in [5, 5.41) is 86.1. The molecular weight excluding hydrogens is 656 g/mol. The Morgan fingerprint density at radius 1 is 1.02 bits per heavy atom. The van der Waals surface area contributed by atoms with E-state index >= 15 is 0 Å². The van der Waals surface area contributed by atoms with Crippen molar-refractivity contribution in [3.63, 3.8) is 0 Å². The number of rotatable bonds is 8. The number of hydrogen-bond donors (Lipinski definition) is 9. The second-order valence-corrected chi connectivity index (χ2v) is 13.5. The van der Waals surface area contributed by atoms with Crippen molar-refractivity contribution >= 4 is 28.9 Å². The molecule has 50 heavy (non-hydrogen) atoms. The number of aliphatic hydroxyl groups excluding tert-OH is 6. The number of aryl methyl sites for hydroxylation is 2. The summed E-state index contributed by atoms with van der Waals surface area (Å²) in [6.45, 7) is -0.626. The summed E-state index contributed by atoms with van der Waals surface area (Å²) < 4.78 is 11.4. The Kier molecular flexibility index (Phi) is 9.18. The summed E-state index contributed by atoms with van der Waals surface area (Å²) >= 11 is 0. The van der Waals surface area contributed by atoms with Crippen molar-refractivity contribution in [3.05, 3.63) is 69.5 Å². The fourth-order valence-corrected chi connectivity index (χ4v) is 7.70. The molecule has 2 aromatic rings. The zero-order valence-corrected chi connectivity index (χ0v) is 27.3. The number of aliphatic hydroxyl groups is 7. The minimum absolute atomic E-state index is 0.0174. The predicted octanol–water partition coefficient (Wildman–Crippen LogP) is -0.546. The molecule has 4 aliphatic rings. The number of anilines is 1. The van der Waals surface area contributed by atoms with Gasteiger partial charge in [0.2, 0.25) is 12.1 Å². The largest absolute Gasteiger partial charge is 0.508 e. The zero-order valence-electron chi connectivity index (χ0n) is 27.3. The molecule has 1 heterocycles. The van der Waals surface area contributed by atoms with Crippen LogP contribution in [0.4, 0.5) is 5.69 Å². The van der Waals surface area contributed by atoms with E-state index in [9.17, 15) is 55.2 Å². The highest BCUT2D eigenvalue weighted by molar-refractivity contribution is 6.22. The molecule has 0 bridgehead atoms. The molecule has 3 aliphatic carbocycles. The van der Waals surface area contributed by atoms with Gasteiger partial charge in [-0.2, -0.15) is 0 Å². The molecule has 0 unspecified atom stereocenters. The lowest BCUT2D eigenvalue weighted by Gasteiger charge is -2.46. The maximum atomic E-state index is 13.9. The van der Waals surface area contributed by atoms with Crippen LogP contribution in [-0.2, 0) is 38.4 Å². The Morgan fingerprint density at radius 2 is 1.70 bits per heavy atom. The average molecular weight is 697 g/mol. The number of benzene rings is 2. The Labute approximate surface area is 286 Å². The van der Waals surface area contributed by atoms with Crippen LogP contribution in [0, 0.1) is 11.8 Å². The van der Waals surface area contributed by atoms with Gasteiger partial charge in [-0.1, -0.05) is 18.2 Å². The van der Waals surface area contributed by atoms with Gasteiger partial charge in [0, 0.05) is 37.7 Å². The molecule has 10 N–H and O–H groups in total. The minimum atomic E-state index is -2.67. The molecule has 15 heteroatoms. The van der Waals surface area contributed by atoms with E-state index in [2.05, 4.69) is 0 Å². The smallest absolute Gasteiger partial charge is 0.255 e. The summed E-state index contributed by atoms with van der Waals surface area (Å²) in [4.78, 5) is 40.3. The standard InChI is InChI=1S/C35H40N2O13/c1-37(2)19-11-15(8-7-14-5-3-4-6-21(14)49-34-30(44)29(43)27(41)22(13-38)50-34)26(40)24-18(19)10-16-9-17-12-20(39)25(33(36)47)32(46)35(17,48)31(45)23(16)28(24)42/h3-6,11,16-17,22,27,29-30,34,38,40-44,46,48H,7-10,12-13H2,1-2H3,(H2,36,47)/t16-,17+,22-,27+,29+,30+,34-,35+/m1/s1. The first-order chi connectivity index (χ1) is 23.6. The first-order valence-electron chi connectivity index (χ1n) is 16.2. The van der Waals surface area contributed by atoms with Crippen LogP contribution in [0.1, 0.15) is 35.1 Å². The highest BCUT2D eigenvalue weighted by atomic mass is 16.7. The van der Waals surface area contributed by atoms with Gasteiger partial charge in [0.15, 0.2) is 11.4 Å². The molecule has 1 amide bonds. The number of fused-ring (bicyclic) bond motifs is 3. The first kappa shape index (κ1) is 35.3. The quantitative estimate of drug-likeness (QED) is 0.157. The molecule has 1 aliphatic heterocycles. The number of phenolic OH excluding ortho intramolecular Hbond substituents is 1. The first-order valence-corrected chi connectivity index (χ1v) is 16.2. The molecule has 0 radical (unpaired) electrons. The number of carbonyl (C=O) groups excluding carboxylic acids is 3. The van der Waals surface area contributed by atoms with Gasteiger partial charge in [0.25, 0.3) is 5.91 Å². The van der Waals surface area contributed by atoms with E-state index in [0.29, 0.717) is 22.4 Å². The molecule has 15 nitrogen and oxygen atoms in total. The second-order valence-electron chi connectivity index (χ2n) is 13.5. The van der Waals surface area contributed by atoms with Crippen molar-refractivity contribution in [2.75, 3.05) is 25.6 Å². The maximum Gasteiger partial charge on any atom is 0.255 e. The number of hydrogen-bond acceptors (Lipinski definition) is 14. The summed E-state index contributed by atoms with van der Waals surface area (Å²) in [5.74, 6) is -6.70. The van der Waals surface area contributed by atoms with Crippen LogP contribution in [0.5, 0.6) is 11.5 Å². The third-order valence-electron chi connectivity index (χ3n) is 10.3. The Hall–Kier alpha value is -4.51. The average Bonchev–Trinajstić information content (AvgIpc) is 3.06. The van der Waals surface area contributed by atoms with Crippen LogP contribution in [0.3, 0.4) is 0 Å². The molecule has 2 aromatic carbocycles. The molecule has 8 atom stereocenters. The number of amides is 1. The van der Waals surface area contributed by atoms with Crippen molar-refractivity contribution in [2.24, 2.45) is 17.6 Å². The number of ketones is 2. The van der Waals surface area contributed by atoms with Gasteiger partial charge in [-0.25, -0.2) is 0 Å². The number of aromatic hydroxyl groups is 1. The van der Waals surface area contributed by atoms with Crippen LogP contribution >= 0.6 is 0 Å². The third-order valence-corrected chi connectivity index (χ3v) is 10.3. The number of carbonyl (C=O) groups is 3. The van der Waals surface area contributed by atoms with Crippen LogP contribution in [0.2, 0.25) is 0 Å². The number of phenols is 1. The van der Waals surface area contributed by atoms with E-state index in [1.54, 1.807) is 49.3 Å². The van der Waals surface area contributed by atoms with Crippen LogP contribution in [-0.4, -0.2) is 115 Å². The molecule has 2 fully saturated rings. The maximum absolute atomic E-state index is 13.9. The van der Waals surface area contributed by atoms with E-state index in [1.165, 1.54) is 0 Å². The van der Waals surface area contributed by atoms with Crippen molar-refractivity contribution in [2.45, 2.75) is 68.4 Å². The van der Waals surface area contributed by atoms with E-state index in [1.807, 2.05) is 0 Å². The van der Waals surface area contributed by atoms with Gasteiger partial charge in [0.05, 0.1) is 12.2 Å². The number of Topliss-reactive ketones (excluding diaryl/α,β-unsaturated/α-hetero) is 2. The van der Waals surface area contributed by atoms with Crippen molar-refractivity contribution in [1.29, 1.82) is 0 Å². The number of para-hydroxylation sites is 1. The van der Waals surface area contributed by atoms with Gasteiger partial charge in [-0.05, 0) is 60.4 Å². The number of ether oxygens (including phenoxy) is 2. The Balaban J connectivity index is 1.34. The lowest BCUT2D eigenvalue weighted by atomic mass is 9.59. The highest BCUT2D eigenvalue weighted by Gasteiger charge is 2.60. The van der Waals surface area contributed by atoms with E-state index < -0.39 is 95.7 Å².